The number of benzene rings is 1. The molecule has 3 atom stereocenters. The van der Waals surface area contributed by atoms with Gasteiger partial charge >= 0.3 is 12.0 Å². The first-order chi connectivity index (χ1) is 17.2. The van der Waals surface area contributed by atoms with Crippen molar-refractivity contribution in [3.63, 3.8) is 0 Å². The van der Waals surface area contributed by atoms with Crippen molar-refractivity contribution in [3.8, 4) is 23.4 Å². The highest BCUT2D eigenvalue weighted by molar-refractivity contribution is 5.92. The van der Waals surface area contributed by atoms with Crippen LogP contribution in [0.5, 0.6) is 23.4 Å². The van der Waals surface area contributed by atoms with Crippen molar-refractivity contribution in [2.75, 3.05) is 27.9 Å². The highest BCUT2D eigenvalue weighted by atomic mass is 19.3. The van der Waals surface area contributed by atoms with Gasteiger partial charge in [0.05, 0.1) is 21.3 Å². The van der Waals surface area contributed by atoms with Crippen molar-refractivity contribution >= 4 is 11.9 Å². The number of nitrogens with zero attached hydrogens (tertiary/aromatic N) is 2. The molecule has 3 rings (SSSR count). The van der Waals surface area contributed by atoms with Crippen LogP contribution < -0.4 is 24.3 Å². The number of methoxy groups -OCH3 is 3. The Morgan fingerprint density at radius 3 is 2.47 bits per heavy atom. The predicted molar refractivity (Wildman–Crippen MR) is 123 cm³/mol. The van der Waals surface area contributed by atoms with Crippen LogP contribution in [0, 0.1) is 0 Å². The van der Waals surface area contributed by atoms with Gasteiger partial charge < -0.3 is 29.0 Å². The summed E-state index contributed by atoms with van der Waals surface area (Å²) in [6.07, 6.45) is -1.60. The minimum Gasteiger partial charge on any atom is -0.493 e. The fourth-order valence-electron chi connectivity index (χ4n) is 4.16. The maximum absolute atomic E-state index is 13.1. The van der Waals surface area contributed by atoms with Gasteiger partial charge in [-0.25, -0.2) is 8.78 Å². The summed E-state index contributed by atoms with van der Waals surface area (Å²) in [5.41, 5.74) is 0.760. The minimum absolute atomic E-state index is 0.0226. The first kappa shape index (κ1) is 26.9. The number of amides is 1. The van der Waals surface area contributed by atoms with E-state index in [1.807, 2.05) is 0 Å². The molecule has 196 valence electrons. The second kappa shape index (κ2) is 12.3. The van der Waals surface area contributed by atoms with E-state index in [0.29, 0.717) is 30.6 Å². The largest absolute Gasteiger partial charge is 0.493 e. The molecule has 36 heavy (non-hydrogen) atoms. The van der Waals surface area contributed by atoms with Gasteiger partial charge in [-0.15, -0.1) is 0 Å². The lowest BCUT2D eigenvalue weighted by Crippen LogP contribution is -2.44. The smallest absolute Gasteiger partial charge is 0.320 e. The van der Waals surface area contributed by atoms with Gasteiger partial charge in [-0.3, -0.25) is 9.59 Å². The summed E-state index contributed by atoms with van der Waals surface area (Å²) in [7, 11) is 4.20. The number of carbonyl (C=O) groups excluding carboxylic acids is 2. The zero-order chi connectivity index (χ0) is 26.2. The number of nitrogens with one attached hydrogen (secondary N) is 1. The summed E-state index contributed by atoms with van der Waals surface area (Å²) in [5.74, 6) is -0.585. The standard InChI is InChI=1S/C24H29F2N3O7/c1-13(30)36-15-6-7-17(27-23(31)18-11-22(33-3)29-24(28-18)34-4)16(10-15)14-5-8-19(32-2)20(9-14)35-12-21(25)26/h5,8-9,11,15-17,21H,6-7,10,12H2,1-4H3,(H,27,31). The lowest BCUT2D eigenvalue weighted by Gasteiger charge is -2.36. The van der Waals surface area contributed by atoms with Crippen LogP contribution >= 0.6 is 0 Å². The monoisotopic (exact) mass is 509 g/mol. The molecule has 1 aromatic heterocycles. The maximum atomic E-state index is 13.1. The van der Waals surface area contributed by atoms with Gasteiger partial charge in [-0.1, -0.05) is 6.07 Å². The van der Waals surface area contributed by atoms with Crippen molar-refractivity contribution < 1.29 is 42.1 Å². The van der Waals surface area contributed by atoms with Crippen molar-refractivity contribution in [2.45, 2.75) is 50.7 Å². The topological polar surface area (TPSA) is 118 Å². The summed E-state index contributed by atoms with van der Waals surface area (Å²) in [6, 6.07) is 5.98. The van der Waals surface area contributed by atoms with Gasteiger partial charge in [0.25, 0.3) is 12.3 Å². The molecule has 1 heterocycles. The number of halogens is 2. The van der Waals surface area contributed by atoms with E-state index in [1.54, 1.807) is 18.2 Å². The molecule has 1 aliphatic rings. The average molecular weight is 510 g/mol. The Balaban J connectivity index is 1.90. The third-order valence-corrected chi connectivity index (χ3v) is 5.74. The van der Waals surface area contributed by atoms with Gasteiger partial charge in [-0.05, 0) is 37.0 Å². The molecule has 12 heteroatoms. The van der Waals surface area contributed by atoms with Crippen molar-refractivity contribution in [1.29, 1.82) is 0 Å². The second-order valence-corrected chi connectivity index (χ2v) is 8.13. The van der Waals surface area contributed by atoms with Gasteiger partial charge in [0.2, 0.25) is 5.88 Å². The lowest BCUT2D eigenvalue weighted by atomic mass is 9.78. The van der Waals surface area contributed by atoms with Gasteiger partial charge in [0, 0.05) is 24.9 Å². The van der Waals surface area contributed by atoms with Crippen LogP contribution in [-0.4, -0.2) is 68.4 Å². The van der Waals surface area contributed by atoms with E-state index in [9.17, 15) is 18.4 Å². The van der Waals surface area contributed by atoms with E-state index in [1.165, 1.54) is 34.3 Å². The first-order valence-electron chi connectivity index (χ1n) is 11.3. The number of hydrogen-bond acceptors (Lipinski definition) is 9. The van der Waals surface area contributed by atoms with Crippen LogP contribution in [0.1, 0.15) is 48.2 Å². The molecule has 3 unspecified atom stereocenters. The number of alkyl halides is 2. The Bertz CT molecular complexity index is 1050. The molecule has 1 aliphatic carbocycles. The van der Waals surface area contributed by atoms with Crippen molar-refractivity contribution in [2.24, 2.45) is 0 Å². The maximum Gasteiger partial charge on any atom is 0.320 e. The zero-order valence-electron chi connectivity index (χ0n) is 20.5. The van der Waals surface area contributed by atoms with Crippen LogP contribution in [-0.2, 0) is 9.53 Å². The predicted octanol–water partition coefficient (Wildman–Crippen LogP) is 3.14. The summed E-state index contributed by atoms with van der Waals surface area (Å²) in [6.45, 7) is 0.542. The Labute approximate surface area is 207 Å². The minimum atomic E-state index is -2.66. The molecular formula is C24H29F2N3O7. The van der Waals surface area contributed by atoms with Crippen LogP contribution in [0.2, 0.25) is 0 Å². The molecular weight excluding hydrogens is 480 g/mol. The molecule has 1 fully saturated rings. The van der Waals surface area contributed by atoms with E-state index in [4.69, 9.17) is 23.7 Å². The first-order valence-corrected chi connectivity index (χ1v) is 11.3. The average Bonchev–Trinajstić information content (AvgIpc) is 2.87. The van der Waals surface area contributed by atoms with Crippen LogP contribution in [0.25, 0.3) is 0 Å². The molecule has 0 bridgehead atoms. The van der Waals surface area contributed by atoms with Crippen molar-refractivity contribution in [1.82, 2.24) is 15.3 Å². The fraction of sp³-hybridized carbons (Fsp3) is 0.500. The molecule has 0 aliphatic heterocycles. The highest BCUT2D eigenvalue weighted by Crippen LogP contribution is 2.39. The zero-order valence-corrected chi connectivity index (χ0v) is 20.5. The summed E-state index contributed by atoms with van der Waals surface area (Å²) in [4.78, 5) is 32.8. The van der Waals surface area contributed by atoms with Crippen LogP contribution in [0.4, 0.5) is 8.78 Å². The number of esters is 1. The molecule has 1 N–H and O–H groups in total. The van der Waals surface area contributed by atoms with Gasteiger partial charge in [0.1, 0.15) is 18.4 Å². The summed E-state index contributed by atoms with van der Waals surface area (Å²) < 4.78 is 51.6. The number of rotatable bonds is 10. The molecule has 1 saturated carbocycles. The van der Waals surface area contributed by atoms with E-state index in [2.05, 4.69) is 15.3 Å². The van der Waals surface area contributed by atoms with E-state index >= 15 is 0 Å². The summed E-state index contributed by atoms with van der Waals surface area (Å²) >= 11 is 0. The molecule has 1 aromatic carbocycles. The number of carbonyl (C=O) groups is 2. The molecule has 1 amide bonds. The Hall–Kier alpha value is -3.70. The highest BCUT2D eigenvalue weighted by Gasteiger charge is 2.35. The molecule has 0 radical (unpaired) electrons. The molecule has 2 aromatic rings. The molecule has 10 nitrogen and oxygen atoms in total. The summed E-state index contributed by atoms with van der Waals surface area (Å²) in [5, 5.41) is 2.99. The quantitative estimate of drug-likeness (QED) is 0.482. The van der Waals surface area contributed by atoms with Gasteiger partial charge in [0.15, 0.2) is 11.5 Å². The van der Waals surface area contributed by atoms with E-state index in [-0.39, 0.29) is 41.4 Å². The Morgan fingerprint density at radius 2 is 1.83 bits per heavy atom. The Kier molecular flexibility index (Phi) is 9.20. The SMILES string of the molecule is COc1cc(C(=O)NC2CCC(OC(C)=O)CC2c2ccc(OC)c(OCC(F)F)c2)nc(OC)n1. The van der Waals surface area contributed by atoms with Crippen LogP contribution in [0.15, 0.2) is 24.3 Å². The molecule has 0 saturated heterocycles. The number of aromatic nitrogens is 2. The fourth-order valence-corrected chi connectivity index (χ4v) is 4.16. The second-order valence-electron chi connectivity index (χ2n) is 8.13. The lowest BCUT2D eigenvalue weighted by molar-refractivity contribution is -0.148. The van der Waals surface area contributed by atoms with Crippen LogP contribution in [0.3, 0.4) is 0 Å². The van der Waals surface area contributed by atoms with Crippen molar-refractivity contribution in [3.05, 3.63) is 35.5 Å². The third kappa shape index (κ3) is 6.92. The molecule has 0 spiro atoms. The third-order valence-electron chi connectivity index (χ3n) is 5.74. The Morgan fingerprint density at radius 1 is 1.06 bits per heavy atom. The van der Waals surface area contributed by atoms with E-state index < -0.39 is 24.9 Å². The van der Waals surface area contributed by atoms with Gasteiger partial charge in [-0.2, -0.15) is 9.97 Å². The number of hydrogen-bond donors (Lipinski definition) is 1. The normalized spacial score (nSPS) is 19.4. The number of ether oxygens (including phenoxy) is 5. The van der Waals surface area contributed by atoms with E-state index in [0.717, 1.165) is 0 Å².